The van der Waals surface area contributed by atoms with Crippen molar-refractivity contribution in [2.24, 2.45) is 0 Å². The second-order valence-electron chi connectivity index (χ2n) is 1.84. The average molecular weight is 168 g/mol. The molecular formula is C7H8N2OS. The van der Waals surface area contributed by atoms with Gasteiger partial charge in [-0.2, -0.15) is 0 Å². The predicted octanol–water partition coefficient (Wildman–Crippen LogP) is 2.23. The van der Waals surface area contributed by atoms with E-state index in [0.717, 1.165) is 4.88 Å². The Bertz CT molecular complexity index is 280. The second-order valence-corrected chi connectivity index (χ2v) is 2.73. The zero-order valence-electron chi connectivity index (χ0n) is 5.87. The Hall–Kier alpha value is -1.29. The number of aliphatic hydroxyl groups excluding tert-OH is 1. The summed E-state index contributed by atoms with van der Waals surface area (Å²) in [6, 6.07) is 0. The number of hydrogen-bond acceptors (Lipinski definition) is 4. The molecule has 0 unspecified atom stereocenters. The first-order valence-electron chi connectivity index (χ1n) is 2.95. The lowest BCUT2D eigenvalue weighted by Gasteiger charge is -1.99. The van der Waals surface area contributed by atoms with Gasteiger partial charge in [0.25, 0.3) is 0 Å². The highest BCUT2D eigenvalue weighted by atomic mass is 32.1. The Kier molecular flexibility index (Phi) is 2.28. The molecule has 2 N–H and O–H groups in total. The van der Waals surface area contributed by atoms with Gasteiger partial charge in [0.05, 0.1) is 10.4 Å². The second kappa shape index (κ2) is 3.21. The van der Waals surface area contributed by atoms with Crippen LogP contribution in [0.5, 0.6) is 0 Å². The number of rotatable bonds is 3. The first-order valence-corrected chi connectivity index (χ1v) is 3.83. The Balaban J connectivity index is 2.84. The summed E-state index contributed by atoms with van der Waals surface area (Å²) in [6.07, 6.45) is 1.67. The first-order chi connectivity index (χ1) is 5.24. The van der Waals surface area contributed by atoms with Crippen LogP contribution in [0.15, 0.2) is 24.6 Å². The summed E-state index contributed by atoms with van der Waals surface area (Å²) < 4.78 is 0. The topological polar surface area (TPSA) is 45.2 Å². The molecule has 0 fully saturated rings. The normalized spacial score (nSPS) is 9.09. The number of hydrogen-bond donors (Lipinski definition) is 2. The van der Waals surface area contributed by atoms with E-state index in [1.54, 1.807) is 11.6 Å². The SMILES string of the molecule is C=Cc1scnc1NC(=C)O. The molecular weight excluding hydrogens is 160 g/mol. The van der Waals surface area contributed by atoms with E-state index in [2.05, 4.69) is 23.5 Å². The average Bonchev–Trinajstić information content (AvgIpc) is 2.34. The van der Waals surface area contributed by atoms with Crippen molar-refractivity contribution in [3.8, 4) is 0 Å². The predicted molar refractivity (Wildman–Crippen MR) is 47.6 cm³/mol. The van der Waals surface area contributed by atoms with Crippen molar-refractivity contribution in [2.75, 3.05) is 5.32 Å². The number of nitrogens with zero attached hydrogens (tertiary/aromatic N) is 1. The quantitative estimate of drug-likeness (QED) is 0.680. The molecule has 0 radical (unpaired) electrons. The van der Waals surface area contributed by atoms with Crippen LogP contribution in [0.3, 0.4) is 0 Å². The lowest BCUT2D eigenvalue weighted by molar-refractivity contribution is 0.422. The molecule has 1 aromatic heterocycles. The molecule has 11 heavy (non-hydrogen) atoms. The van der Waals surface area contributed by atoms with Crippen molar-refractivity contribution in [1.82, 2.24) is 4.98 Å². The summed E-state index contributed by atoms with van der Waals surface area (Å²) in [5.41, 5.74) is 1.67. The standard InChI is InChI=1S/C7H8N2OS/c1-3-6-7(8-4-11-6)9-5(2)10/h3-4,9-10H,1-2H2. The van der Waals surface area contributed by atoms with E-state index in [1.165, 1.54) is 11.3 Å². The van der Waals surface area contributed by atoms with E-state index < -0.39 is 0 Å². The number of anilines is 1. The van der Waals surface area contributed by atoms with Crippen LogP contribution in [-0.4, -0.2) is 10.1 Å². The minimum Gasteiger partial charge on any atom is -0.495 e. The van der Waals surface area contributed by atoms with E-state index in [1.807, 2.05) is 0 Å². The lowest BCUT2D eigenvalue weighted by Crippen LogP contribution is -1.97. The van der Waals surface area contributed by atoms with Crippen LogP contribution in [0.25, 0.3) is 6.08 Å². The summed E-state index contributed by atoms with van der Waals surface area (Å²) in [4.78, 5) is 4.83. The summed E-state index contributed by atoms with van der Waals surface area (Å²) >= 11 is 1.45. The van der Waals surface area contributed by atoms with E-state index >= 15 is 0 Å². The Morgan fingerprint density at radius 2 is 2.55 bits per heavy atom. The van der Waals surface area contributed by atoms with Gasteiger partial charge in [-0.1, -0.05) is 6.58 Å². The maximum absolute atomic E-state index is 8.77. The molecule has 0 aliphatic rings. The minimum absolute atomic E-state index is 0.112. The van der Waals surface area contributed by atoms with Gasteiger partial charge in [-0.05, 0) is 12.7 Å². The first kappa shape index (κ1) is 7.81. The molecule has 4 heteroatoms. The van der Waals surface area contributed by atoms with E-state index in [4.69, 9.17) is 5.11 Å². The van der Waals surface area contributed by atoms with Crippen LogP contribution >= 0.6 is 11.3 Å². The van der Waals surface area contributed by atoms with Crippen LogP contribution in [0.1, 0.15) is 4.88 Å². The summed E-state index contributed by atoms with van der Waals surface area (Å²) in [5, 5.41) is 11.4. The Labute approximate surface area is 68.7 Å². The Morgan fingerprint density at radius 1 is 1.82 bits per heavy atom. The summed E-state index contributed by atoms with van der Waals surface area (Å²) in [6.45, 7) is 6.87. The maximum atomic E-state index is 8.77. The van der Waals surface area contributed by atoms with Crippen LogP contribution in [0.4, 0.5) is 5.82 Å². The molecule has 0 saturated heterocycles. The molecule has 1 heterocycles. The van der Waals surface area contributed by atoms with Crippen molar-refractivity contribution in [3.63, 3.8) is 0 Å². The van der Waals surface area contributed by atoms with E-state index in [9.17, 15) is 0 Å². The van der Waals surface area contributed by atoms with Gasteiger partial charge in [-0.3, -0.25) is 0 Å². The summed E-state index contributed by atoms with van der Waals surface area (Å²) in [7, 11) is 0. The molecule has 0 atom stereocenters. The third-order valence-electron chi connectivity index (χ3n) is 1.04. The van der Waals surface area contributed by atoms with Crippen LogP contribution in [0.2, 0.25) is 0 Å². The van der Waals surface area contributed by atoms with Gasteiger partial charge in [0.15, 0.2) is 11.7 Å². The molecule has 0 bridgehead atoms. The smallest absolute Gasteiger partial charge is 0.182 e. The van der Waals surface area contributed by atoms with Crippen molar-refractivity contribution in [1.29, 1.82) is 0 Å². The van der Waals surface area contributed by atoms with Gasteiger partial charge in [-0.25, -0.2) is 4.98 Å². The zero-order chi connectivity index (χ0) is 8.27. The highest BCUT2D eigenvalue weighted by Crippen LogP contribution is 2.19. The maximum Gasteiger partial charge on any atom is 0.182 e. The molecule has 0 amide bonds. The minimum atomic E-state index is -0.112. The molecule has 1 aromatic rings. The highest BCUT2D eigenvalue weighted by molar-refractivity contribution is 7.11. The van der Waals surface area contributed by atoms with Gasteiger partial charge in [-0.15, -0.1) is 11.3 Å². The van der Waals surface area contributed by atoms with Gasteiger partial charge >= 0.3 is 0 Å². The summed E-state index contributed by atoms with van der Waals surface area (Å²) in [5.74, 6) is 0.483. The lowest BCUT2D eigenvalue weighted by atomic mass is 10.5. The van der Waals surface area contributed by atoms with Crippen molar-refractivity contribution in [3.05, 3.63) is 29.4 Å². The zero-order valence-corrected chi connectivity index (χ0v) is 6.69. The van der Waals surface area contributed by atoms with Crippen molar-refractivity contribution in [2.45, 2.75) is 0 Å². The number of thiazole rings is 1. The highest BCUT2D eigenvalue weighted by Gasteiger charge is 2.01. The third kappa shape index (κ3) is 1.81. The molecule has 0 saturated carbocycles. The fourth-order valence-electron chi connectivity index (χ4n) is 0.631. The van der Waals surface area contributed by atoms with Crippen molar-refractivity contribution >= 4 is 23.2 Å². The number of aromatic nitrogens is 1. The molecule has 0 aromatic carbocycles. The molecule has 0 aliphatic carbocycles. The number of aliphatic hydroxyl groups is 1. The van der Waals surface area contributed by atoms with Crippen LogP contribution < -0.4 is 5.32 Å². The van der Waals surface area contributed by atoms with E-state index in [0.29, 0.717) is 5.82 Å². The van der Waals surface area contributed by atoms with Crippen LogP contribution in [0, 0.1) is 0 Å². The largest absolute Gasteiger partial charge is 0.495 e. The molecule has 58 valence electrons. The number of nitrogens with one attached hydrogen (secondary N) is 1. The third-order valence-corrected chi connectivity index (χ3v) is 1.87. The van der Waals surface area contributed by atoms with Crippen LogP contribution in [-0.2, 0) is 0 Å². The molecule has 0 aliphatic heterocycles. The molecule has 3 nitrogen and oxygen atoms in total. The van der Waals surface area contributed by atoms with Gasteiger partial charge in [0.1, 0.15) is 0 Å². The molecule has 1 rings (SSSR count). The Morgan fingerprint density at radius 3 is 3.09 bits per heavy atom. The fraction of sp³-hybridized carbons (Fsp3) is 0. The monoisotopic (exact) mass is 168 g/mol. The van der Waals surface area contributed by atoms with E-state index in [-0.39, 0.29) is 5.88 Å². The van der Waals surface area contributed by atoms with Crippen molar-refractivity contribution < 1.29 is 5.11 Å². The van der Waals surface area contributed by atoms with Gasteiger partial charge in [0.2, 0.25) is 0 Å². The molecule has 0 spiro atoms. The van der Waals surface area contributed by atoms with Gasteiger partial charge < -0.3 is 10.4 Å². The fourth-order valence-corrected chi connectivity index (χ4v) is 1.21. The van der Waals surface area contributed by atoms with Gasteiger partial charge in [0, 0.05) is 0 Å².